The molecule has 1 N–H and O–H groups in total. The number of amides is 2. The van der Waals surface area contributed by atoms with Crippen LogP contribution in [-0.4, -0.2) is 17.9 Å². The van der Waals surface area contributed by atoms with E-state index in [0.717, 1.165) is 5.69 Å². The van der Waals surface area contributed by atoms with Gasteiger partial charge in [0.2, 0.25) is 5.91 Å². The van der Waals surface area contributed by atoms with Gasteiger partial charge >= 0.3 is 0 Å². The Balaban J connectivity index is 2.08. The molecule has 0 radical (unpaired) electrons. The second-order valence-corrected chi connectivity index (χ2v) is 5.72. The summed E-state index contributed by atoms with van der Waals surface area (Å²) in [6.45, 7) is 1.90. The molecule has 0 saturated heterocycles. The van der Waals surface area contributed by atoms with E-state index in [1.165, 1.54) is 11.3 Å². The maximum Gasteiger partial charge on any atom is 0.268 e. The van der Waals surface area contributed by atoms with Crippen molar-refractivity contribution in [1.29, 1.82) is 0 Å². The normalized spacial score (nSPS) is 18.1. The molecule has 3 rings (SSSR count). The quantitative estimate of drug-likeness (QED) is 0.875. The average molecular weight is 286 g/mol. The summed E-state index contributed by atoms with van der Waals surface area (Å²) in [5, 5.41) is 4.73. The standard InChI is InChI=1S/C15H14N2O2S/c1-10-9-14(18)16-11-5-2-3-6-12(11)17(10)15(19)13-7-4-8-20-13/h2-8,10H,9H2,1H3,(H,16,18)/t10-/m1/s1. The van der Waals surface area contributed by atoms with E-state index in [2.05, 4.69) is 5.32 Å². The molecule has 2 heterocycles. The first-order valence-electron chi connectivity index (χ1n) is 6.43. The van der Waals surface area contributed by atoms with Crippen molar-refractivity contribution in [3.8, 4) is 0 Å². The van der Waals surface area contributed by atoms with Crippen LogP contribution in [0.15, 0.2) is 41.8 Å². The van der Waals surface area contributed by atoms with Gasteiger partial charge in [0.15, 0.2) is 0 Å². The molecule has 102 valence electrons. The molecule has 2 aromatic rings. The van der Waals surface area contributed by atoms with E-state index >= 15 is 0 Å². The van der Waals surface area contributed by atoms with Crippen LogP contribution < -0.4 is 10.2 Å². The van der Waals surface area contributed by atoms with Crippen LogP contribution in [0.1, 0.15) is 23.0 Å². The second-order valence-electron chi connectivity index (χ2n) is 4.77. The number of nitrogens with one attached hydrogen (secondary N) is 1. The molecular weight excluding hydrogens is 272 g/mol. The fourth-order valence-electron chi connectivity index (χ4n) is 2.42. The smallest absolute Gasteiger partial charge is 0.268 e. The number of anilines is 2. The molecule has 0 unspecified atom stereocenters. The predicted octanol–water partition coefficient (Wildman–Crippen LogP) is 3.13. The van der Waals surface area contributed by atoms with Gasteiger partial charge in [-0.1, -0.05) is 18.2 Å². The molecular formula is C15H14N2O2S. The van der Waals surface area contributed by atoms with E-state index in [4.69, 9.17) is 0 Å². The summed E-state index contributed by atoms with van der Waals surface area (Å²) in [5.74, 6) is -0.122. The van der Waals surface area contributed by atoms with Gasteiger partial charge in [-0.2, -0.15) is 0 Å². The third-order valence-corrected chi connectivity index (χ3v) is 4.17. The van der Waals surface area contributed by atoms with Crippen LogP contribution in [0.25, 0.3) is 0 Å². The number of benzene rings is 1. The number of hydrogen-bond acceptors (Lipinski definition) is 3. The molecule has 5 heteroatoms. The van der Waals surface area contributed by atoms with Crippen molar-refractivity contribution in [2.75, 3.05) is 10.2 Å². The Hall–Kier alpha value is -2.14. The van der Waals surface area contributed by atoms with Crippen LogP contribution in [0.3, 0.4) is 0 Å². The number of thiophene rings is 1. The number of fused-ring (bicyclic) bond motifs is 1. The summed E-state index contributed by atoms with van der Waals surface area (Å²) >= 11 is 1.41. The fourth-order valence-corrected chi connectivity index (χ4v) is 3.08. The van der Waals surface area contributed by atoms with Crippen molar-refractivity contribution in [1.82, 2.24) is 0 Å². The molecule has 1 atom stereocenters. The highest BCUT2D eigenvalue weighted by molar-refractivity contribution is 7.12. The maximum absolute atomic E-state index is 12.7. The zero-order chi connectivity index (χ0) is 14.1. The van der Waals surface area contributed by atoms with Crippen molar-refractivity contribution in [2.24, 2.45) is 0 Å². The summed E-state index contributed by atoms with van der Waals surface area (Å²) in [7, 11) is 0. The Kier molecular flexibility index (Phi) is 3.28. The van der Waals surface area contributed by atoms with Gasteiger partial charge in [-0.05, 0) is 30.5 Å². The lowest BCUT2D eigenvalue weighted by molar-refractivity contribution is -0.116. The Labute approximate surface area is 121 Å². The summed E-state index contributed by atoms with van der Waals surface area (Å²) < 4.78 is 0. The van der Waals surface area contributed by atoms with Crippen molar-refractivity contribution in [3.05, 3.63) is 46.7 Å². The Morgan fingerprint density at radius 2 is 2.10 bits per heavy atom. The van der Waals surface area contributed by atoms with Gasteiger partial charge in [0.1, 0.15) is 0 Å². The molecule has 0 saturated carbocycles. The fraction of sp³-hybridized carbons (Fsp3) is 0.200. The SMILES string of the molecule is C[C@@H]1CC(=O)Nc2ccccc2N1C(=O)c1cccs1. The molecule has 1 aliphatic rings. The number of hydrogen-bond donors (Lipinski definition) is 1. The number of carbonyl (C=O) groups excluding carboxylic acids is 2. The zero-order valence-corrected chi connectivity index (χ0v) is 11.8. The minimum atomic E-state index is -0.173. The van der Waals surface area contributed by atoms with Crippen LogP contribution in [-0.2, 0) is 4.79 Å². The average Bonchev–Trinajstić information content (AvgIpc) is 2.90. The highest BCUT2D eigenvalue weighted by Crippen LogP contribution is 2.32. The Morgan fingerprint density at radius 3 is 2.85 bits per heavy atom. The highest BCUT2D eigenvalue weighted by atomic mass is 32.1. The molecule has 20 heavy (non-hydrogen) atoms. The maximum atomic E-state index is 12.7. The van der Waals surface area contributed by atoms with Crippen LogP contribution in [0.4, 0.5) is 11.4 Å². The third kappa shape index (κ3) is 2.20. The molecule has 0 fully saturated rings. The first-order valence-corrected chi connectivity index (χ1v) is 7.30. The van der Waals surface area contributed by atoms with Crippen LogP contribution in [0.2, 0.25) is 0 Å². The van der Waals surface area contributed by atoms with Crippen molar-refractivity contribution >= 4 is 34.5 Å². The van der Waals surface area contributed by atoms with Crippen LogP contribution in [0.5, 0.6) is 0 Å². The number of rotatable bonds is 1. The van der Waals surface area contributed by atoms with Crippen molar-refractivity contribution in [2.45, 2.75) is 19.4 Å². The van der Waals surface area contributed by atoms with E-state index in [1.807, 2.05) is 48.7 Å². The molecule has 4 nitrogen and oxygen atoms in total. The van der Waals surface area contributed by atoms with Gasteiger partial charge in [0.05, 0.1) is 16.3 Å². The van der Waals surface area contributed by atoms with Gasteiger partial charge in [0, 0.05) is 12.5 Å². The van der Waals surface area contributed by atoms with Gasteiger partial charge < -0.3 is 10.2 Å². The molecule has 1 aliphatic heterocycles. The number of nitrogens with zero attached hydrogens (tertiary/aromatic N) is 1. The van der Waals surface area contributed by atoms with E-state index in [0.29, 0.717) is 17.0 Å². The molecule has 0 aliphatic carbocycles. The van der Waals surface area contributed by atoms with Crippen LogP contribution in [0, 0.1) is 0 Å². The van der Waals surface area contributed by atoms with Gasteiger partial charge in [-0.25, -0.2) is 0 Å². The second kappa shape index (κ2) is 5.09. The van der Waals surface area contributed by atoms with Gasteiger partial charge in [0.25, 0.3) is 5.91 Å². The van der Waals surface area contributed by atoms with Crippen molar-refractivity contribution in [3.63, 3.8) is 0 Å². The Morgan fingerprint density at radius 1 is 1.30 bits per heavy atom. The van der Waals surface area contributed by atoms with Crippen molar-refractivity contribution < 1.29 is 9.59 Å². The number of carbonyl (C=O) groups is 2. The molecule has 2 amide bonds. The van der Waals surface area contributed by atoms with Gasteiger partial charge in [-0.3, -0.25) is 9.59 Å². The van der Waals surface area contributed by atoms with Gasteiger partial charge in [-0.15, -0.1) is 11.3 Å². The van der Waals surface area contributed by atoms with E-state index in [9.17, 15) is 9.59 Å². The summed E-state index contributed by atoms with van der Waals surface area (Å²) in [4.78, 5) is 26.9. The minimum absolute atomic E-state index is 0.0588. The highest BCUT2D eigenvalue weighted by Gasteiger charge is 2.30. The summed E-state index contributed by atoms with van der Waals surface area (Å²) in [6.07, 6.45) is 0.297. The largest absolute Gasteiger partial charge is 0.324 e. The summed E-state index contributed by atoms with van der Waals surface area (Å²) in [5.41, 5.74) is 1.44. The Bertz CT molecular complexity index is 652. The molecule has 0 spiro atoms. The molecule has 1 aromatic carbocycles. The topological polar surface area (TPSA) is 49.4 Å². The first-order chi connectivity index (χ1) is 9.66. The molecule has 1 aromatic heterocycles. The lowest BCUT2D eigenvalue weighted by Crippen LogP contribution is -2.38. The summed E-state index contributed by atoms with van der Waals surface area (Å²) in [6, 6.07) is 10.9. The third-order valence-electron chi connectivity index (χ3n) is 3.31. The van der Waals surface area contributed by atoms with E-state index in [1.54, 1.807) is 4.90 Å². The monoisotopic (exact) mass is 286 g/mol. The van der Waals surface area contributed by atoms with E-state index < -0.39 is 0 Å². The predicted molar refractivity (Wildman–Crippen MR) is 80.3 cm³/mol. The van der Waals surface area contributed by atoms with E-state index in [-0.39, 0.29) is 17.9 Å². The number of para-hydroxylation sites is 2. The lowest BCUT2D eigenvalue weighted by atomic mass is 10.1. The minimum Gasteiger partial charge on any atom is -0.324 e. The van der Waals surface area contributed by atoms with Crippen LogP contribution >= 0.6 is 11.3 Å². The first kappa shape index (κ1) is 12.9. The zero-order valence-electron chi connectivity index (χ0n) is 11.0. The lowest BCUT2D eigenvalue weighted by Gasteiger charge is -2.27. The molecule has 0 bridgehead atoms.